The second-order valence-corrected chi connectivity index (χ2v) is 4.78. The van der Waals surface area contributed by atoms with Gasteiger partial charge in [-0.3, -0.25) is 0 Å². The Morgan fingerprint density at radius 1 is 1.18 bits per heavy atom. The number of anilines is 2. The molecule has 0 aliphatic heterocycles. The second kappa shape index (κ2) is 3.87. The Balaban J connectivity index is 2.10. The zero-order valence-electron chi connectivity index (χ0n) is 9.69. The molecule has 1 heterocycles. The molecule has 1 aliphatic rings. The van der Waals surface area contributed by atoms with Crippen LogP contribution in [-0.4, -0.2) is 9.97 Å². The Morgan fingerprint density at radius 3 is 2.71 bits per heavy atom. The Hall–Kier alpha value is -1.84. The monoisotopic (exact) mass is 228 g/mol. The van der Waals surface area contributed by atoms with Crippen LogP contribution in [0.3, 0.4) is 0 Å². The summed E-state index contributed by atoms with van der Waals surface area (Å²) >= 11 is 0. The van der Waals surface area contributed by atoms with Crippen molar-refractivity contribution in [1.29, 1.82) is 0 Å². The number of hydrogen-bond donors (Lipinski definition) is 2. The third-order valence-electron chi connectivity index (χ3n) is 3.59. The van der Waals surface area contributed by atoms with E-state index in [1.807, 2.05) is 12.1 Å². The van der Waals surface area contributed by atoms with E-state index in [4.69, 9.17) is 11.5 Å². The summed E-state index contributed by atoms with van der Waals surface area (Å²) in [5.74, 6) is 1.55. The van der Waals surface area contributed by atoms with Gasteiger partial charge in [-0.25, -0.2) is 4.98 Å². The van der Waals surface area contributed by atoms with Gasteiger partial charge in [0.2, 0.25) is 5.95 Å². The SMILES string of the molecule is Nc1nc(N)c2c(CC3CCC3)cccc2n1. The van der Waals surface area contributed by atoms with Gasteiger partial charge in [0, 0.05) is 5.39 Å². The van der Waals surface area contributed by atoms with Crippen LogP contribution in [0.4, 0.5) is 11.8 Å². The third-order valence-corrected chi connectivity index (χ3v) is 3.59. The minimum Gasteiger partial charge on any atom is -0.383 e. The van der Waals surface area contributed by atoms with Gasteiger partial charge < -0.3 is 11.5 Å². The zero-order chi connectivity index (χ0) is 11.8. The summed E-state index contributed by atoms with van der Waals surface area (Å²) in [6.45, 7) is 0. The van der Waals surface area contributed by atoms with Gasteiger partial charge in [0.1, 0.15) is 5.82 Å². The molecule has 0 radical (unpaired) electrons. The Kier molecular flexibility index (Phi) is 2.35. The number of hydrogen-bond acceptors (Lipinski definition) is 4. The van der Waals surface area contributed by atoms with E-state index >= 15 is 0 Å². The highest BCUT2D eigenvalue weighted by Gasteiger charge is 2.19. The van der Waals surface area contributed by atoms with Crippen molar-refractivity contribution in [3.05, 3.63) is 23.8 Å². The molecular formula is C13H16N4. The predicted octanol–water partition coefficient (Wildman–Crippen LogP) is 2.14. The maximum absolute atomic E-state index is 5.96. The second-order valence-electron chi connectivity index (χ2n) is 4.78. The van der Waals surface area contributed by atoms with Crippen LogP contribution in [0.15, 0.2) is 18.2 Å². The highest BCUT2D eigenvalue weighted by atomic mass is 15.0. The van der Waals surface area contributed by atoms with Gasteiger partial charge in [-0.05, 0) is 24.0 Å². The van der Waals surface area contributed by atoms with Crippen LogP contribution in [0.25, 0.3) is 10.9 Å². The fourth-order valence-corrected chi connectivity index (χ4v) is 2.48. The van der Waals surface area contributed by atoms with E-state index in [0.29, 0.717) is 5.82 Å². The number of nitrogen functional groups attached to an aromatic ring is 2. The van der Waals surface area contributed by atoms with Gasteiger partial charge in [0.25, 0.3) is 0 Å². The van der Waals surface area contributed by atoms with E-state index in [9.17, 15) is 0 Å². The lowest BCUT2D eigenvalue weighted by molar-refractivity contribution is 0.315. The van der Waals surface area contributed by atoms with E-state index in [-0.39, 0.29) is 5.95 Å². The first-order valence-corrected chi connectivity index (χ1v) is 6.04. The molecule has 0 unspecified atom stereocenters. The maximum atomic E-state index is 5.96. The molecule has 0 saturated heterocycles. The van der Waals surface area contributed by atoms with Gasteiger partial charge in [-0.15, -0.1) is 0 Å². The molecule has 1 fully saturated rings. The lowest BCUT2D eigenvalue weighted by atomic mass is 9.80. The predicted molar refractivity (Wildman–Crippen MR) is 69.4 cm³/mol. The van der Waals surface area contributed by atoms with Crippen LogP contribution < -0.4 is 11.5 Å². The summed E-state index contributed by atoms with van der Waals surface area (Å²) in [4.78, 5) is 8.29. The van der Waals surface area contributed by atoms with Gasteiger partial charge in [0.05, 0.1) is 5.52 Å². The Morgan fingerprint density at radius 2 is 2.00 bits per heavy atom. The molecule has 4 nitrogen and oxygen atoms in total. The molecule has 17 heavy (non-hydrogen) atoms. The minimum absolute atomic E-state index is 0.246. The lowest BCUT2D eigenvalue weighted by Gasteiger charge is -2.25. The molecule has 2 aromatic rings. The van der Waals surface area contributed by atoms with E-state index in [0.717, 1.165) is 23.2 Å². The fourth-order valence-electron chi connectivity index (χ4n) is 2.48. The summed E-state index contributed by atoms with van der Waals surface area (Å²) in [6.07, 6.45) is 5.08. The first-order chi connectivity index (χ1) is 8.24. The Bertz CT molecular complexity index is 561. The number of aromatic nitrogens is 2. The quantitative estimate of drug-likeness (QED) is 0.825. The molecule has 4 heteroatoms. The molecule has 4 N–H and O–H groups in total. The van der Waals surface area contributed by atoms with E-state index in [2.05, 4.69) is 16.0 Å². The van der Waals surface area contributed by atoms with Crippen LogP contribution in [0, 0.1) is 5.92 Å². The molecule has 0 bridgehead atoms. The Labute approximate surface area is 100 Å². The van der Waals surface area contributed by atoms with Crippen LogP contribution in [-0.2, 0) is 6.42 Å². The maximum Gasteiger partial charge on any atom is 0.222 e. The van der Waals surface area contributed by atoms with E-state index in [1.165, 1.54) is 24.8 Å². The largest absolute Gasteiger partial charge is 0.383 e. The van der Waals surface area contributed by atoms with Crippen molar-refractivity contribution >= 4 is 22.7 Å². The molecule has 1 aromatic carbocycles. The number of benzene rings is 1. The summed E-state index contributed by atoms with van der Waals surface area (Å²) in [5, 5.41) is 0.980. The summed E-state index contributed by atoms with van der Waals surface area (Å²) < 4.78 is 0. The molecule has 3 rings (SSSR count). The average Bonchev–Trinajstić information content (AvgIpc) is 2.22. The van der Waals surface area contributed by atoms with Crippen LogP contribution in [0.5, 0.6) is 0 Å². The van der Waals surface area contributed by atoms with Crippen molar-refractivity contribution in [3.8, 4) is 0 Å². The highest BCUT2D eigenvalue weighted by Crippen LogP contribution is 2.33. The lowest BCUT2D eigenvalue weighted by Crippen LogP contribution is -2.14. The van der Waals surface area contributed by atoms with E-state index < -0.39 is 0 Å². The molecule has 0 atom stereocenters. The van der Waals surface area contributed by atoms with E-state index in [1.54, 1.807) is 0 Å². The smallest absolute Gasteiger partial charge is 0.222 e. The number of nitrogens with zero attached hydrogens (tertiary/aromatic N) is 2. The number of rotatable bonds is 2. The topological polar surface area (TPSA) is 77.8 Å². The number of nitrogens with two attached hydrogens (primary N) is 2. The first-order valence-electron chi connectivity index (χ1n) is 6.04. The molecule has 1 saturated carbocycles. The van der Waals surface area contributed by atoms with Crippen molar-refractivity contribution in [2.75, 3.05) is 11.5 Å². The third kappa shape index (κ3) is 1.79. The fraction of sp³-hybridized carbons (Fsp3) is 0.385. The normalized spacial score (nSPS) is 16.0. The molecule has 1 aromatic heterocycles. The van der Waals surface area contributed by atoms with Crippen molar-refractivity contribution in [3.63, 3.8) is 0 Å². The van der Waals surface area contributed by atoms with Gasteiger partial charge in [0.15, 0.2) is 0 Å². The van der Waals surface area contributed by atoms with Crippen LogP contribution >= 0.6 is 0 Å². The molecule has 1 aliphatic carbocycles. The minimum atomic E-state index is 0.246. The zero-order valence-corrected chi connectivity index (χ0v) is 9.69. The molecule has 0 amide bonds. The van der Waals surface area contributed by atoms with Crippen molar-refractivity contribution in [1.82, 2.24) is 9.97 Å². The number of fused-ring (bicyclic) bond motifs is 1. The standard InChI is InChI=1S/C13H16N4/c14-12-11-9(7-8-3-1-4-8)5-2-6-10(11)16-13(15)17-12/h2,5-6,8H,1,3-4,7H2,(H4,14,15,16,17). The van der Waals surface area contributed by atoms with Crippen LogP contribution in [0.1, 0.15) is 24.8 Å². The molecular weight excluding hydrogens is 212 g/mol. The summed E-state index contributed by atoms with van der Waals surface area (Å²) in [6, 6.07) is 6.08. The van der Waals surface area contributed by atoms with Crippen molar-refractivity contribution in [2.45, 2.75) is 25.7 Å². The van der Waals surface area contributed by atoms with Gasteiger partial charge >= 0.3 is 0 Å². The molecule has 88 valence electrons. The summed E-state index contributed by atoms with van der Waals surface area (Å²) in [5.41, 5.74) is 13.7. The van der Waals surface area contributed by atoms with Crippen LogP contribution in [0.2, 0.25) is 0 Å². The van der Waals surface area contributed by atoms with Crippen molar-refractivity contribution < 1.29 is 0 Å². The van der Waals surface area contributed by atoms with Crippen molar-refractivity contribution in [2.24, 2.45) is 5.92 Å². The van der Waals surface area contributed by atoms with Gasteiger partial charge in [-0.2, -0.15) is 4.98 Å². The van der Waals surface area contributed by atoms with Gasteiger partial charge in [-0.1, -0.05) is 31.4 Å². The average molecular weight is 228 g/mol. The summed E-state index contributed by atoms with van der Waals surface area (Å²) in [7, 11) is 0. The first kappa shape index (κ1) is 10.3. The molecule has 0 spiro atoms. The highest BCUT2D eigenvalue weighted by molar-refractivity contribution is 5.91.